The SMILES string of the molecule is CC(C)(C)CC(NCC(O)CC(=O)O)c1nnnn1CCCC(=O)NCc1ccccc1. The lowest BCUT2D eigenvalue weighted by Crippen LogP contribution is -2.35. The van der Waals surface area contributed by atoms with Crippen molar-refractivity contribution in [1.29, 1.82) is 0 Å². The van der Waals surface area contributed by atoms with E-state index in [4.69, 9.17) is 5.11 Å². The Hall–Kier alpha value is -2.85. The Morgan fingerprint density at radius 1 is 1.19 bits per heavy atom. The summed E-state index contributed by atoms with van der Waals surface area (Å²) in [6.07, 6.45) is 0.263. The van der Waals surface area contributed by atoms with Crippen LogP contribution in [0.1, 0.15) is 63.9 Å². The van der Waals surface area contributed by atoms with Gasteiger partial charge >= 0.3 is 5.97 Å². The zero-order valence-electron chi connectivity index (χ0n) is 19.0. The fourth-order valence-corrected chi connectivity index (χ4v) is 3.31. The number of carboxylic acid groups (broad SMARTS) is 1. The predicted molar refractivity (Wildman–Crippen MR) is 118 cm³/mol. The summed E-state index contributed by atoms with van der Waals surface area (Å²) >= 11 is 0. The monoisotopic (exact) mass is 446 g/mol. The number of aryl methyl sites for hydroxylation is 1. The normalized spacial score (nSPS) is 13.5. The summed E-state index contributed by atoms with van der Waals surface area (Å²) in [4.78, 5) is 23.0. The molecule has 176 valence electrons. The molecule has 1 aromatic heterocycles. The summed E-state index contributed by atoms with van der Waals surface area (Å²) in [5.41, 5.74) is 0.994. The van der Waals surface area contributed by atoms with Gasteiger partial charge in [0.15, 0.2) is 5.82 Å². The highest BCUT2D eigenvalue weighted by Crippen LogP contribution is 2.28. The number of carbonyl (C=O) groups is 2. The average Bonchev–Trinajstić information content (AvgIpc) is 3.17. The molecule has 0 aliphatic carbocycles. The molecule has 1 aromatic carbocycles. The smallest absolute Gasteiger partial charge is 0.306 e. The molecule has 1 amide bonds. The largest absolute Gasteiger partial charge is 0.481 e. The first kappa shape index (κ1) is 25.4. The Morgan fingerprint density at radius 3 is 2.56 bits per heavy atom. The number of aromatic nitrogens is 4. The van der Waals surface area contributed by atoms with Gasteiger partial charge in [0, 0.05) is 26.1 Å². The van der Waals surface area contributed by atoms with E-state index in [-0.39, 0.29) is 30.3 Å². The molecule has 1 heterocycles. The molecule has 2 unspecified atom stereocenters. The molecule has 0 aliphatic heterocycles. The molecule has 0 saturated carbocycles. The summed E-state index contributed by atoms with van der Waals surface area (Å²) in [7, 11) is 0. The van der Waals surface area contributed by atoms with Crippen molar-refractivity contribution in [2.75, 3.05) is 6.54 Å². The number of hydrogen-bond acceptors (Lipinski definition) is 7. The second-order valence-electron chi connectivity index (χ2n) is 9.10. The number of carbonyl (C=O) groups excluding carboxylic acids is 1. The van der Waals surface area contributed by atoms with Crippen LogP contribution in [-0.4, -0.2) is 54.9 Å². The van der Waals surface area contributed by atoms with Gasteiger partial charge < -0.3 is 20.8 Å². The lowest BCUT2D eigenvalue weighted by atomic mass is 9.87. The number of hydrogen-bond donors (Lipinski definition) is 4. The van der Waals surface area contributed by atoms with E-state index >= 15 is 0 Å². The van der Waals surface area contributed by atoms with Gasteiger partial charge in [0.05, 0.1) is 18.6 Å². The van der Waals surface area contributed by atoms with Crippen molar-refractivity contribution in [1.82, 2.24) is 30.8 Å². The van der Waals surface area contributed by atoms with Crippen LogP contribution in [-0.2, 0) is 22.7 Å². The second-order valence-corrected chi connectivity index (χ2v) is 9.10. The fraction of sp³-hybridized carbons (Fsp3) is 0.591. The molecule has 2 aromatic rings. The summed E-state index contributed by atoms with van der Waals surface area (Å²) in [5.74, 6) is -0.487. The van der Waals surface area contributed by atoms with Crippen molar-refractivity contribution in [2.45, 2.75) is 71.7 Å². The third-order valence-electron chi connectivity index (χ3n) is 4.80. The highest BCUT2D eigenvalue weighted by molar-refractivity contribution is 5.75. The predicted octanol–water partition coefficient (Wildman–Crippen LogP) is 1.67. The standard InChI is InChI=1S/C22H34N6O4/c1-22(2,3)13-18(23-15-17(29)12-20(31)32)21-25-26-27-28(21)11-7-10-19(30)24-14-16-8-5-4-6-9-16/h4-6,8-9,17-18,23,29H,7,10-15H2,1-3H3,(H,24,30)(H,31,32). The van der Waals surface area contributed by atoms with Gasteiger partial charge in [0.25, 0.3) is 0 Å². The Kier molecular flexibility index (Phi) is 9.73. The number of rotatable bonds is 13. The maximum atomic E-state index is 12.2. The molecule has 4 N–H and O–H groups in total. The maximum absolute atomic E-state index is 12.2. The van der Waals surface area contributed by atoms with Crippen LogP contribution in [0.4, 0.5) is 0 Å². The Bertz CT molecular complexity index is 850. The molecule has 0 saturated heterocycles. The lowest BCUT2D eigenvalue weighted by Gasteiger charge is -2.27. The van der Waals surface area contributed by atoms with E-state index in [2.05, 4.69) is 46.9 Å². The molecule has 0 radical (unpaired) electrons. The Labute approximate surface area is 188 Å². The van der Waals surface area contributed by atoms with Crippen LogP contribution < -0.4 is 10.6 Å². The Balaban J connectivity index is 1.90. The van der Waals surface area contributed by atoms with E-state index in [9.17, 15) is 14.7 Å². The first-order valence-corrected chi connectivity index (χ1v) is 10.8. The lowest BCUT2D eigenvalue weighted by molar-refractivity contribution is -0.139. The minimum atomic E-state index is -1.05. The number of carboxylic acids is 1. The molecule has 0 fully saturated rings. The maximum Gasteiger partial charge on any atom is 0.306 e. The van der Waals surface area contributed by atoms with Crippen LogP contribution in [0.2, 0.25) is 0 Å². The van der Waals surface area contributed by atoms with E-state index in [0.717, 1.165) is 5.56 Å². The van der Waals surface area contributed by atoms with Gasteiger partial charge in [-0.25, -0.2) is 4.68 Å². The van der Waals surface area contributed by atoms with Crippen molar-refractivity contribution >= 4 is 11.9 Å². The second kappa shape index (κ2) is 12.3. The number of nitrogens with zero attached hydrogens (tertiary/aromatic N) is 4. The summed E-state index contributed by atoms with van der Waals surface area (Å²) in [6, 6.07) is 9.46. The highest BCUT2D eigenvalue weighted by Gasteiger charge is 2.26. The van der Waals surface area contributed by atoms with Crippen molar-refractivity contribution in [3.63, 3.8) is 0 Å². The number of tetrazole rings is 1. The molecule has 0 spiro atoms. The average molecular weight is 447 g/mol. The van der Waals surface area contributed by atoms with Crippen LogP contribution >= 0.6 is 0 Å². The van der Waals surface area contributed by atoms with Crippen LogP contribution in [0.15, 0.2) is 30.3 Å². The van der Waals surface area contributed by atoms with Gasteiger partial charge in [-0.15, -0.1) is 5.10 Å². The van der Waals surface area contributed by atoms with Crippen LogP contribution in [0.25, 0.3) is 0 Å². The molecule has 0 aliphatic rings. The van der Waals surface area contributed by atoms with Gasteiger partial charge in [0.1, 0.15) is 0 Å². The number of aliphatic hydroxyl groups is 1. The molecule has 2 atom stereocenters. The minimum absolute atomic E-state index is 0.0374. The van der Waals surface area contributed by atoms with Gasteiger partial charge in [-0.2, -0.15) is 0 Å². The van der Waals surface area contributed by atoms with E-state index in [1.165, 1.54) is 0 Å². The molecular weight excluding hydrogens is 412 g/mol. The molecular formula is C22H34N6O4. The molecule has 10 heteroatoms. The first-order chi connectivity index (χ1) is 15.1. The zero-order chi connectivity index (χ0) is 23.6. The number of nitrogens with one attached hydrogen (secondary N) is 2. The van der Waals surface area contributed by atoms with E-state index in [1.54, 1.807) is 4.68 Å². The van der Waals surface area contributed by atoms with Crippen molar-refractivity contribution in [3.8, 4) is 0 Å². The van der Waals surface area contributed by atoms with Gasteiger partial charge in [-0.3, -0.25) is 9.59 Å². The fourth-order valence-electron chi connectivity index (χ4n) is 3.31. The third kappa shape index (κ3) is 9.52. The van der Waals surface area contributed by atoms with Crippen molar-refractivity contribution < 1.29 is 19.8 Å². The zero-order valence-corrected chi connectivity index (χ0v) is 19.0. The van der Waals surface area contributed by atoms with E-state index in [1.807, 2.05) is 30.3 Å². The first-order valence-electron chi connectivity index (χ1n) is 10.8. The summed E-state index contributed by atoms with van der Waals surface area (Å²) in [6.45, 7) is 7.33. The van der Waals surface area contributed by atoms with Crippen molar-refractivity contribution in [2.24, 2.45) is 5.41 Å². The minimum Gasteiger partial charge on any atom is -0.481 e. The topological polar surface area (TPSA) is 142 Å². The number of aliphatic carboxylic acids is 1. The molecule has 10 nitrogen and oxygen atoms in total. The van der Waals surface area contributed by atoms with Gasteiger partial charge in [-0.05, 0) is 34.2 Å². The van der Waals surface area contributed by atoms with Crippen LogP contribution in [0.3, 0.4) is 0 Å². The number of benzene rings is 1. The number of amides is 1. The molecule has 32 heavy (non-hydrogen) atoms. The van der Waals surface area contributed by atoms with Crippen LogP contribution in [0.5, 0.6) is 0 Å². The Morgan fingerprint density at radius 2 is 1.91 bits per heavy atom. The molecule has 2 rings (SSSR count). The van der Waals surface area contributed by atoms with Crippen LogP contribution in [0, 0.1) is 5.41 Å². The quantitative estimate of drug-likeness (QED) is 0.364. The number of aliphatic hydroxyl groups excluding tert-OH is 1. The summed E-state index contributed by atoms with van der Waals surface area (Å²) < 4.78 is 1.66. The summed E-state index contributed by atoms with van der Waals surface area (Å²) in [5, 5.41) is 36.9. The molecule has 0 bridgehead atoms. The van der Waals surface area contributed by atoms with E-state index in [0.29, 0.717) is 38.2 Å². The van der Waals surface area contributed by atoms with Crippen molar-refractivity contribution in [3.05, 3.63) is 41.7 Å². The highest BCUT2D eigenvalue weighted by atomic mass is 16.4. The third-order valence-corrected chi connectivity index (χ3v) is 4.80. The van der Waals surface area contributed by atoms with E-state index < -0.39 is 12.1 Å². The van der Waals surface area contributed by atoms with Gasteiger partial charge in [-0.1, -0.05) is 51.1 Å². The van der Waals surface area contributed by atoms with Gasteiger partial charge in [0.2, 0.25) is 5.91 Å².